The van der Waals surface area contributed by atoms with Crippen LogP contribution in [0.5, 0.6) is 0 Å². The number of hydrogen-bond acceptors (Lipinski definition) is 3. The van der Waals surface area contributed by atoms with Crippen LogP contribution in [0.2, 0.25) is 0 Å². The maximum atomic E-state index is 13.6. The van der Waals surface area contributed by atoms with Gasteiger partial charge in [0.1, 0.15) is 5.82 Å². The Bertz CT molecular complexity index is 556. The van der Waals surface area contributed by atoms with Crippen LogP contribution in [-0.2, 0) is 11.3 Å². The molecule has 1 aromatic carbocycles. The van der Waals surface area contributed by atoms with E-state index in [1.165, 1.54) is 12.8 Å². The first kappa shape index (κ1) is 22.1. The van der Waals surface area contributed by atoms with Gasteiger partial charge in [0.05, 0.1) is 6.61 Å². The number of likely N-dealkylation sites (tertiary alicyclic amines) is 1. The Hall–Kier alpha value is -0.930. The fourth-order valence-corrected chi connectivity index (χ4v) is 3.00. The Kier molecular flexibility index (Phi) is 10.3. The SMILES string of the molecule is CN=C(NCc1ccc(C)c(F)c1)NCC1CCCN1CCOC.I. The largest absolute Gasteiger partial charge is 0.383 e. The van der Waals surface area contributed by atoms with E-state index >= 15 is 0 Å². The van der Waals surface area contributed by atoms with Crippen molar-refractivity contribution in [3.05, 3.63) is 35.1 Å². The predicted molar refractivity (Wildman–Crippen MR) is 111 cm³/mol. The van der Waals surface area contributed by atoms with E-state index in [1.54, 1.807) is 33.2 Å². The molecule has 0 aliphatic carbocycles. The molecule has 0 bridgehead atoms. The first-order chi connectivity index (χ1) is 11.6. The van der Waals surface area contributed by atoms with Crippen molar-refractivity contribution in [2.24, 2.45) is 4.99 Å². The van der Waals surface area contributed by atoms with Gasteiger partial charge in [-0.25, -0.2) is 4.39 Å². The van der Waals surface area contributed by atoms with Gasteiger partial charge < -0.3 is 15.4 Å². The zero-order chi connectivity index (χ0) is 17.4. The molecule has 0 amide bonds. The number of ether oxygens (including phenoxy) is 1. The minimum atomic E-state index is -0.169. The highest BCUT2D eigenvalue weighted by Gasteiger charge is 2.23. The monoisotopic (exact) mass is 464 g/mol. The van der Waals surface area contributed by atoms with Gasteiger partial charge in [-0.3, -0.25) is 9.89 Å². The van der Waals surface area contributed by atoms with Crippen LogP contribution in [0.3, 0.4) is 0 Å². The van der Waals surface area contributed by atoms with E-state index in [-0.39, 0.29) is 29.8 Å². The lowest BCUT2D eigenvalue weighted by Crippen LogP contribution is -2.45. The molecule has 1 aliphatic heterocycles. The summed E-state index contributed by atoms with van der Waals surface area (Å²) >= 11 is 0. The summed E-state index contributed by atoms with van der Waals surface area (Å²) in [5.74, 6) is 0.576. The van der Waals surface area contributed by atoms with Crippen molar-refractivity contribution < 1.29 is 9.13 Å². The molecule has 25 heavy (non-hydrogen) atoms. The lowest BCUT2D eigenvalue weighted by Gasteiger charge is -2.25. The minimum Gasteiger partial charge on any atom is -0.383 e. The van der Waals surface area contributed by atoms with Gasteiger partial charge in [-0.2, -0.15) is 0 Å². The third-order valence-electron chi connectivity index (χ3n) is 4.51. The number of methoxy groups -OCH3 is 1. The van der Waals surface area contributed by atoms with Crippen molar-refractivity contribution in [2.75, 3.05) is 40.4 Å². The molecule has 1 fully saturated rings. The molecule has 1 heterocycles. The van der Waals surface area contributed by atoms with Crippen LogP contribution < -0.4 is 10.6 Å². The molecule has 142 valence electrons. The van der Waals surface area contributed by atoms with E-state index in [0.717, 1.165) is 37.8 Å². The second-order valence-electron chi connectivity index (χ2n) is 6.22. The van der Waals surface area contributed by atoms with E-state index in [2.05, 4.69) is 20.5 Å². The van der Waals surface area contributed by atoms with Crippen molar-refractivity contribution in [3.8, 4) is 0 Å². The van der Waals surface area contributed by atoms with Gasteiger partial charge in [0.15, 0.2) is 5.96 Å². The Morgan fingerprint density at radius 2 is 2.20 bits per heavy atom. The lowest BCUT2D eigenvalue weighted by atomic mass is 10.1. The van der Waals surface area contributed by atoms with Gasteiger partial charge >= 0.3 is 0 Å². The molecule has 0 aromatic heterocycles. The summed E-state index contributed by atoms with van der Waals surface area (Å²) < 4.78 is 18.8. The average molecular weight is 464 g/mol. The molecule has 7 heteroatoms. The summed E-state index contributed by atoms with van der Waals surface area (Å²) in [6, 6.07) is 5.81. The second-order valence-corrected chi connectivity index (χ2v) is 6.22. The smallest absolute Gasteiger partial charge is 0.191 e. The normalized spacial score (nSPS) is 18.1. The number of guanidine groups is 1. The molecule has 1 atom stereocenters. The standard InChI is InChI=1S/C18H29FN4O.HI/c1-14-6-7-15(11-17(14)19)12-21-18(20-2)22-13-16-5-4-8-23(16)9-10-24-3;/h6-7,11,16H,4-5,8-10,12-13H2,1-3H3,(H2,20,21,22);1H. The third-order valence-corrected chi connectivity index (χ3v) is 4.51. The van der Waals surface area contributed by atoms with E-state index < -0.39 is 0 Å². The predicted octanol–water partition coefficient (Wildman–Crippen LogP) is 2.53. The number of nitrogens with zero attached hydrogens (tertiary/aromatic N) is 2. The Balaban J connectivity index is 0.00000312. The van der Waals surface area contributed by atoms with Crippen molar-refractivity contribution in [1.29, 1.82) is 0 Å². The van der Waals surface area contributed by atoms with Crippen molar-refractivity contribution in [1.82, 2.24) is 15.5 Å². The molecular formula is C18H30FIN4O. The van der Waals surface area contributed by atoms with Crippen LogP contribution in [0.1, 0.15) is 24.0 Å². The minimum absolute atomic E-state index is 0. The second kappa shape index (κ2) is 11.6. The lowest BCUT2D eigenvalue weighted by molar-refractivity contribution is 0.141. The number of halogens is 2. The number of aryl methyl sites for hydroxylation is 1. The van der Waals surface area contributed by atoms with Crippen molar-refractivity contribution in [2.45, 2.75) is 32.4 Å². The van der Waals surface area contributed by atoms with Crippen LogP contribution in [0, 0.1) is 12.7 Å². The number of nitrogens with one attached hydrogen (secondary N) is 2. The topological polar surface area (TPSA) is 48.9 Å². The summed E-state index contributed by atoms with van der Waals surface area (Å²) in [7, 11) is 3.49. The van der Waals surface area contributed by atoms with Gasteiger partial charge in [0.25, 0.3) is 0 Å². The summed E-state index contributed by atoms with van der Waals surface area (Å²) in [5.41, 5.74) is 1.57. The average Bonchev–Trinajstić information content (AvgIpc) is 3.03. The maximum absolute atomic E-state index is 13.6. The number of aliphatic imine (C=N–C) groups is 1. The highest BCUT2D eigenvalue weighted by atomic mass is 127. The third kappa shape index (κ3) is 7.07. The molecule has 1 aromatic rings. The molecule has 1 unspecified atom stereocenters. The van der Waals surface area contributed by atoms with Crippen LogP contribution in [0.25, 0.3) is 0 Å². The van der Waals surface area contributed by atoms with Crippen LogP contribution in [-0.4, -0.2) is 57.3 Å². The molecule has 1 aliphatic rings. The first-order valence-corrected chi connectivity index (χ1v) is 8.56. The van der Waals surface area contributed by atoms with E-state index in [1.807, 2.05) is 6.07 Å². The Morgan fingerprint density at radius 3 is 2.88 bits per heavy atom. The summed E-state index contributed by atoms with van der Waals surface area (Å²) in [5, 5.41) is 6.62. The van der Waals surface area contributed by atoms with Crippen LogP contribution in [0.4, 0.5) is 4.39 Å². The maximum Gasteiger partial charge on any atom is 0.191 e. The quantitative estimate of drug-likeness (QED) is 0.370. The summed E-state index contributed by atoms with van der Waals surface area (Å²) in [6.45, 7) is 6.04. The fourth-order valence-electron chi connectivity index (χ4n) is 3.00. The number of hydrogen-bond donors (Lipinski definition) is 2. The molecule has 1 saturated heterocycles. The van der Waals surface area contributed by atoms with E-state index in [9.17, 15) is 4.39 Å². The zero-order valence-electron chi connectivity index (χ0n) is 15.3. The molecule has 0 radical (unpaired) electrons. The van der Waals surface area contributed by atoms with Crippen LogP contribution >= 0.6 is 24.0 Å². The molecule has 5 nitrogen and oxygen atoms in total. The molecule has 0 saturated carbocycles. The van der Waals surface area contributed by atoms with Gasteiger partial charge in [0, 0.05) is 39.8 Å². The molecule has 2 rings (SSSR count). The van der Waals surface area contributed by atoms with E-state index in [0.29, 0.717) is 18.2 Å². The molecular weight excluding hydrogens is 434 g/mol. The van der Waals surface area contributed by atoms with Gasteiger partial charge in [0.2, 0.25) is 0 Å². The molecule has 2 N–H and O–H groups in total. The number of benzene rings is 1. The summed E-state index contributed by atoms with van der Waals surface area (Å²) in [4.78, 5) is 6.71. The van der Waals surface area contributed by atoms with Crippen molar-refractivity contribution in [3.63, 3.8) is 0 Å². The van der Waals surface area contributed by atoms with Gasteiger partial charge in [-0.05, 0) is 43.5 Å². The van der Waals surface area contributed by atoms with Gasteiger partial charge in [-0.1, -0.05) is 12.1 Å². The highest BCUT2D eigenvalue weighted by Crippen LogP contribution is 2.15. The fraction of sp³-hybridized carbons (Fsp3) is 0.611. The Labute approximate surface area is 167 Å². The van der Waals surface area contributed by atoms with Crippen LogP contribution in [0.15, 0.2) is 23.2 Å². The summed E-state index contributed by atoms with van der Waals surface area (Å²) in [6.07, 6.45) is 2.42. The van der Waals surface area contributed by atoms with E-state index in [4.69, 9.17) is 4.74 Å². The van der Waals surface area contributed by atoms with Gasteiger partial charge in [-0.15, -0.1) is 24.0 Å². The highest BCUT2D eigenvalue weighted by molar-refractivity contribution is 14.0. The number of rotatable bonds is 7. The Morgan fingerprint density at radius 1 is 1.40 bits per heavy atom. The zero-order valence-corrected chi connectivity index (χ0v) is 17.7. The van der Waals surface area contributed by atoms with Crippen molar-refractivity contribution >= 4 is 29.9 Å². The molecule has 0 spiro atoms. The first-order valence-electron chi connectivity index (χ1n) is 8.56.